The van der Waals surface area contributed by atoms with Crippen molar-refractivity contribution in [1.82, 2.24) is 9.13 Å². The number of hydrogen-bond donors (Lipinski definition) is 2. The summed E-state index contributed by atoms with van der Waals surface area (Å²) in [6, 6.07) is 10.8. The summed E-state index contributed by atoms with van der Waals surface area (Å²) in [5, 5.41) is 31.2. The van der Waals surface area contributed by atoms with Crippen LogP contribution in [-0.4, -0.2) is 59.5 Å². The molecule has 11 nitrogen and oxygen atoms in total. The fourth-order valence-electron chi connectivity index (χ4n) is 4.49. The largest absolute Gasteiger partial charge is 0.477 e. The predicted molar refractivity (Wildman–Crippen MR) is 158 cm³/mol. The van der Waals surface area contributed by atoms with Gasteiger partial charge in [0.25, 0.3) is 0 Å². The summed E-state index contributed by atoms with van der Waals surface area (Å²) in [6.45, 7) is 12.7. The summed E-state index contributed by atoms with van der Waals surface area (Å²) >= 11 is 0. The van der Waals surface area contributed by atoms with Crippen molar-refractivity contribution in [2.75, 3.05) is 38.0 Å². The molecule has 0 fully saturated rings. The van der Waals surface area contributed by atoms with Crippen molar-refractivity contribution >= 4 is 46.1 Å². The fraction of sp³-hybridized carbons (Fsp3) is 0.414. The SMILES string of the molecule is CN(C)c1cc2c(cc1N(C)C)n(C(C)(C)C)c(=NN=Nc1ccc(C=C(C(=O)O)C(=O)O)cc1)n2C(C)(C)C. The third kappa shape index (κ3) is 6.24. The van der Waals surface area contributed by atoms with Gasteiger partial charge in [0.2, 0.25) is 5.62 Å². The number of anilines is 2. The van der Waals surface area contributed by atoms with Gasteiger partial charge in [-0.1, -0.05) is 17.2 Å². The van der Waals surface area contributed by atoms with E-state index in [4.69, 9.17) is 10.2 Å². The molecule has 0 radical (unpaired) electrons. The van der Waals surface area contributed by atoms with Crippen LogP contribution in [0.1, 0.15) is 47.1 Å². The lowest BCUT2D eigenvalue weighted by Crippen LogP contribution is -2.40. The Hall–Kier alpha value is -4.41. The van der Waals surface area contributed by atoms with Crippen molar-refractivity contribution in [3.8, 4) is 0 Å². The molecule has 0 spiro atoms. The lowest BCUT2D eigenvalue weighted by Gasteiger charge is -2.25. The van der Waals surface area contributed by atoms with Gasteiger partial charge in [-0.25, -0.2) is 9.59 Å². The highest BCUT2D eigenvalue weighted by Gasteiger charge is 2.28. The maximum absolute atomic E-state index is 11.1. The average molecular weight is 550 g/mol. The van der Waals surface area contributed by atoms with Crippen molar-refractivity contribution < 1.29 is 19.8 Å². The van der Waals surface area contributed by atoms with Crippen LogP contribution >= 0.6 is 0 Å². The Morgan fingerprint density at radius 2 is 1.20 bits per heavy atom. The zero-order valence-corrected chi connectivity index (χ0v) is 24.9. The number of imidazole rings is 1. The smallest absolute Gasteiger partial charge is 0.343 e. The van der Waals surface area contributed by atoms with Crippen LogP contribution in [0.15, 0.2) is 57.4 Å². The van der Waals surface area contributed by atoms with Crippen LogP contribution in [0.4, 0.5) is 17.1 Å². The monoisotopic (exact) mass is 549 g/mol. The van der Waals surface area contributed by atoms with Crippen molar-refractivity contribution in [3.63, 3.8) is 0 Å². The quantitative estimate of drug-likeness (QED) is 0.136. The summed E-state index contributed by atoms with van der Waals surface area (Å²) in [7, 11) is 8.12. The van der Waals surface area contributed by atoms with Gasteiger partial charge in [-0.2, -0.15) is 0 Å². The molecular formula is C29H39N7O4. The number of rotatable bonds is 7. The standard InChI is InChI=1S/C29H39N7O4/c1-28(2,3)35-23-16-21(33(7)8)22(34(9)10)17-24(23)36(29(4,5)6)27(35)31-32-30-19-13-11-18(12-14-19)15-20(25(37)38)26(39)40/h11-17H,1-10H3,(H,37,38)(H,39,40). The van der Waals surface area contributed by atoms with Crippen molar-refractivity contribution in [2.45, 2.75) is 52.6 Å². The Morgan fingerprint density at radius 1 is 0.775 bits per heavy atom. The highest BCUT2D eigenvalue weighted by Crippen LogP contribution is 2.35. The summed E-state index contributed by atoms with van der Waals surface area (Å²) in [6.07, 6.45) is 1.09. The first-order valence-electron chi connectivity index (χ1n) is 12.8. The van der Waals surface area contributed by atoms with Crippen molar-refractivity contribution in [1.29, 1.82) is 0 Å². The number of aliphatic carboxylic acids is 2. The molecule has 0 amide bonds. The van der Waals surface area contributed by atoms with Gasteiger partial charge >= 0.3 is 11.9 Å². The van der Waals surface area contributed by atoms with Crippen molar-refractivity contribution in [2.24, 2.45) is 15.4 Å². The van der Waals surface area contributed by atoms with E-state index < -0.39 is 17.5 Å². The summed E-state index contributed by atoms with van der Waals surface area (Å²) < 4.78 is 4.35. The maximum atomic E-state index is 11.1. The number of aromatic nitrogens is 2. The molecular weight excluding hydrogens is 510 g/mol. The van der Waals surface area contributed by atoms with Crippen LogP contribution in [0.3, 0.4) is 0 Å². The average Bonchev–Trinajstić information content (AvgIpc) is 3.16. The van der Waals surface area contributed by atoms with Gasteiger partial charge in [0.1, 0.15) is 5.57 Å². The first kappa shape index (κ1) is 30.1. The van der Waals surface area contributed by atoms with Gasteiger partial charge in [0.05, 0.1) is 28.1 Å². The second-order valence-corrected chi connectivity index (χ2v) is 12.0. The highest BCUT2D eigenvalue weighted by atomic mass is 16.4. The normalized spacial score (nSPS) is 12.1. The maximum Gasteiger partial charge on any atom is 0.343 e. The highest BCUT2D eigenvalue weighted by molar-refractivity contribution is 6.16. The van der Waals surface area contributed by atoms with Crippen LogP contribution in [-0.2, 0) is 20.7 Å². The molecule has 0 bridgehead atoms. The molecule has 2 N–H and O–H groups in total. The Balaban J connectivity index is 2.24. The van der Waals surface area contributed by atoms with E-state index in [0.29, 0.717) is 16.9 Å². The topological polar surface area (TPSA) is 128 Å². The molecule has 0 saturated heterocycles. The van der Waals surface area contributed by atoms with Gasteiger partial charge in [-0.05, 0) is 82.7 Å². The number of fused-ring (bicyclic) bond motifs is 1. The minimum absolute atomic E-state index is 0.327. The zero-order valence-electron chi connectivity index (χ0n) is 24.9. The Bertz CT molecular complexity index is 1480. The minimum atomic E-state index is -1.51. The number of carboxylic acid groups (broad SMARTS) is 2. The second kappa shape index (κ2) is 11.0. The van der Waals surface area contributed by atoms with E-state index in [1.807, 2.05) is 28.2 Å². The van der Waals surface area contributed by atoms with E-state index >= 15 is 0 Å². The fourth-order valence-corrected chi connectivity index (χ4v) is 4.49. The number of benzene rings is 2. The van der Waals surface area contributed by atoms with Gasteiger partial charge < -0.3 is 29.1 Å². The Morgan fingerprint density at radius 3 is 1.55 bits per heavy atom. The predicted octanol–water partition coefficient (Wildman–Crippen LogP) is 5.24. The lowest BCUT2D eigenvalue weighted by molar-refractivity contribution is -0.140. The number of carbonyl (C=O) groups is 2. The molecule has 1 aromatic heterocycles. The first-order valence-corrected chi connectivity index (χ1v) is 12.8. The molecule has 11 heteroatoms. The first-order chi connectivity index (χ1) is 18.4. The Labute approximate surface area is 234 Å². The number of hydrogen-bond acceptors (Lipinski definition) is 6. The van der Waals surface area contributed by atoms with Gasteiger partial charge in [0, 0.05) is 39.3 Å². The van der Waals surface area contributed by atoms with Crippen LogP contribution in [0.25, 0.3) is 17.1 Å². The van der Waals surface area contributed by atoms with E-state index in [1.54, 1.807) is 24.3 Å². The molecule has 0 aliphatic carbocycles. The molecule has 0 unspecified atom stereocenters. The van der Waals surface area contributed by atoms with E-state index in [-0.39, 0.29) is 11.1 Å². The molecule has 0 aliphatic heterocycles. The Kier molecular flexibility index (Phi) is 8.28. The third-order valence-electron chi connectivity index (χ3n) is 6.22. The van der Waals surface area contributed by atoms with E-state index in [1.165, 1.54) is 0 Å². The van der Waals surface area contributed by atoms with Gasteiger partial charge in [-0.3, -0.25) is 0 Å². The summed E-state index contributed by atoms with van der Waals surface area (Å²) in [5.41, 5.74) is 4.38. The van der Waals surface area contributed by atoms with Crippen LogP contribution in [0.5, 0.6) is 0 Å². The lowest BCUT2D eigenvalue weighted by atomic mass is 10.1. The molecule has 3 aromatic rings. The van der Waals surface area contributed by atoms with E-state index in [9.17, 15) is 9.59 Å². The number of carboxylic acids is 2. The zero-order chi connectivity index (χ0) is 30.2. The molecule has 40 heavy (non-hydrogen) atoms. The van der Waals surface area contributed by atoms with Crippen LogP contribution in [0, 0.1) is 0 Å². The molecule has 1 heterocycles. The molecule has 2 aromatic carbocycles. The van der Waals surface area contributed by atoms with Crippen LogP contribution in [0.2, 0.25) is 0 Å². The summed E-state index contributed by atoms with van der Waals surface area (Å²) in [4.78, 5) is 26.5. The third-order valence-corrected chi connectivity index (χ3v) is 6.22. The van der Waals surface area contributed by atoms with Crippen molar-refractivity contribution in [3.05, 3.63) is 53.2 Å². The molecule has 0 saturated carbocycles. The van der Waals surface area contributed by atoms with E-state index in [0.717, 1.165) is 28.5 Å². The van der Waals surface area contributed by atoms with Gasteiger partial charge in [0.15, 0.2) is 0 Å². The molecule has 0 aliphatic rings. The molecule has 3 rings (SSSR count). The summed E-state index contributed by atoms with van der Waals surface area (Å²) in [5.74, 6) is -3.02. The molecule has 0 atom stereocenters. The number of nitrogens with zero attached hydrogens (tertiary/aromatic N) is 7. The molecule has 214 valence electrons. The van der Waals surface area contributed by atoms with Gasteiger partial charge in [-0.15, -0.1) is 5.11 Å². The van der Waals surface area contributed by atoms with E-state index in [2.05, 4.69) is 88.0 Å². The minimum Gasteiger partial charge on any atom is -0.477 e. The van der Waals surface area contributed by atoms with Crippen LogP contribution < -0.4 is 15.4 Å². The second-order valence-electron chi connectivity index (χ2n) is 12.0.